The molecule has 1 saturated heterocycles. The van der Waals surface area contributed by atoms with Gasteiger partial charge in [-0.25, -0.2) is 4.68 Å². The molecule has 0 unspecified atom stereocenters. The number of anilines is 1. The first-order valence-electron chi connectivity index (χ1n) is 7.12. The Morgan fingerprint density at radius 2 is 2.19 bits per heavy atom. The van der Waals surface area contributed by atoms with E-state index in [4.69, 9.17) is 5.26 Å². The Morgan fingerprint density at radius 3 is 2.71 bits per heavy atom. The molecule has 21 heavy (non-hydrogen) atoms. The fraction of sp³-hybridized carbons (Fsp3) is 0.692. The molecule has 0 amide bonds. The predicted octanol–water partition coefficient (Wildman–Crippen LogP) is 1.29. The number of piperidine rings is 1. The molecular weight excluding hydrogens is 272 g/mol. The van der Waals surface area contributed by atoms with E-state index >= 15 is 0 Å². The lowest BCUT2D eigenvalue weighted by molar-refractivity contribution is -0.384. The van der Waals surface area contributed by atoms with Crippen molar-refractivity contribution in [2.45, 2.75) is 32.2 Å². The number of aromatic nitrogens is 2. The first-order valence-corrected chi connectivity index (χ1v) is 7.12. The van der Waals surface area contributed by atoms with E-state index in [1.165, 1.54) is 0 Å². The molecule has 0 spiro atoms. The summed E-state index contributed by atoms with van der Waals surface area (Å²) in [4.78, 5) is 13.0. The van der Waals surface area contributed by atoms with Crippen LogP contribution in [-0.2, 0) is 13.5 Å². The normalized spacial score (nSPS) is 16.6. The van der Waals surface area contributed by atoms with Gasteiger partial charge < -0.3 is 5.32 Å². The van der Waals surface area contributed by atoms with Crippen LogP contribution in [0.1, 0.15) is 25.5 Å². The second-order valence-corrected chi connectivity index (χ2v) is 5.23. The van der Waals surface area contributed by atoms with Crippen molar-refractivity contribution in [2.24, 2.45) is 7.05 Å². The number of nitriles is 1. The van der Waals surface area contributed by atoms with Crippen LogP contribution in [0.3, 0.4) is 0 Å². The van der Waals surface area contributed by atoms with Gasteiger partial charge in [-0.05, 0) is 19.3 Å². The van der Waals surface area contributed by atoms with Gasteiger partial charge in [0.1, 0.15) is 5.69 Å². The zero-order valence-electron chi connectivity index (χ0n) is 12.4. The Hall–Kier alpha value is -2.14. The van der Waals surface area contributed by atoms with Crippen LogP contribution in [0.2, 0.25) is 0 Å². The molecular formula is C13H20N6O2. The van der Waals surface area contributed by atoms with Crippen LogP contribution >= 0.6 is 0 Å². The first kappa shape index (κ1) is 15.3. The molecule has 8 nitrogen and oxygen atoms in total. The van der Waals surface area contributed by atoms with Gasteiger partial charge in [0.25, 0.3) is 0 Å². The fourth-order valence-corrected chi connectivity index (χ4v) is 2.69. The van der Waals surface area contributed by atoms with Crippen molar-refractivity contribution < 1.29 is 4.92 Å². The zero-order chi connectivity index (χ0) is 15.4. The van der Waals surface area contributed by atoms with E-state index in [0.717, 1.165) is 25.9 Å². The number of nitrogens with one attached hydrogen (secondary N) is 1. The van der Waals surface area contributed by atoms with Gasteiger partial charge in [0.05, 0.1) is 17.5 Å². The third kappa shape index (κ3) is 3.31. The van der Waals surface area contributed by atoms with Gasteiger partial charge in [-0.1, -0.05) is 6.92 Å². The third-order valence-electron chi connectivity index (χ3n) is 3.83. The molecule has 0 bridgehead atoms. The molecule has 0 aromatic carbocycles. The van der Waals surface area contributed by atoms with Crippen LogP contribution in [0.15, 0.2) is 0 Å². The lowest BCUT2D eigenvalue weighted by atomic mass is 10.1. The molecule has 1 N–H and O–H groups in total. The first-order chi connectivity index (χ1) is 10.1. The molecule has 0 radical (unpaired) electrons. The Morgan fingerprint density at radius 1 is 1.52 bits per heavy atom. The summed E-state index contributed by atoms with van der Waals surface area (Å²) in [6.45, 7) is 3.97. The van der Waals surface area contributed by atoms with Gasteiger partial charge in [-0.15, -0.1) is 0 Å². The summed E-state index contributed by atoms with van der Waals surface area (Å²) in [7, 11) is 1.72. The zero-order valence-corrected chi connectivity index (χ0v) is 12.4. The van der Waals surface area contributed by atoms with Crippen LogP contribution in [0.4, 0.5) is 11.5 Å². The van der Waals surface area contributed by atoms with E-state index in [2.05, 4.69) is 21.4 Å². The summed E-state index contributed by atoms with van der Waals surface area (Å²) in [5.41, 5.74) is 0.589. The summed E-state index contributed by atoms with van der Waals surface area (Å²) in [5, 5.41) is 27.4. The van der Waals surface area contributed by atoms with Crippen molar-refractivity contribution in [1.29, 1.82) is 5.26 Å². The highest BCUT2D eigenvalue weighted by molar-refractivity contribution is 5.60. The lowest BCUT2D eigenvalue weighted by Crippen LogP contribution is -2.39. The van der Waals surface area contributed by atoms with Crippen molar-refractivity contribution >= 4 is 11.5 Å². The molecule has 0 aliphatic carbocycles. The fourth-order valence-electron chi connectivity index (χ4n) is 2.69. The van der Waals surface area contributed by atoms with Crippen LogP contribution in [0, 0.1) is 21.4 Å². The van der Waals surface area contributed by atoms with Gasteiger partial charge >= 0.3 is 5.69 Å². The molecule has 1 aromatic rings. The van der Waals surface area contributed by atoms with Crippen molar-refractivity contribution in [3.05, 3.63) is 15.8 Å². The van der Waals surface area contributed by atoms with E-state index in [1.807, 2.05) is 6.92 Å². The highest BCUT2D eigenvalue weighted by Crippen LogP contribution is 2.30. The minimum Gasteiger partial charge on any atom is -0.362 e. The van der Waals surface area contributed by atoms with Crippen molar-refractivity contribution in [3.8, 4) is 6.07 Å². The van der Waals surface area contributed by atoms with Crippen molar-refractivity contribution in [3.63, 3.8) is 0 Å². The van der Waals surface area contributed by atoms with Crippen LogP contribution in [0.5, 0.6) is 0 Å². The molecule has 8 heteroatoms. The molecule has 114 valence electrons. The van der Waals surface area contributed by atoms with Crippen LogP contribution in [-0.4, -0.2) is 45.3 Å². The number of rotatable bonds is 5. The SMILES string of the molecule is CCc1nn(C)c(NC2CCN(CC#N)CC2)c1[N+](=O)[O-]. The molecule has 1 aliphatic rings. The van der Waals surface area contributed by atoms with Crippen LogP contribution < -0.4 is 5.32 Å². The van der Waals surface area contributed by atoms with E-state index in [1.54, 1.807) is 11.7 Å². The Kier molecular flexibility index (Phi) is 4.75. The molecule has 2 rings (SSSR count). The molecule has 0 atom stereocenters. The average Bonchev–Trinajstić information content (AvgIpc) is 2.78. The predicted molar refractivity (Wildman–Crippen MR) is 77.9 cm³/mol. The Bertz CT molecular complexity index is 554. The maximum Gasteiger partial charge on any atom is 0.333 e. The van der Waals surface area contributed by atoms with Crippen LogP contribution in [0.25, 0.3) is 0 Å². The molecule has 1 fully saturated rings. The topological polar surface area (TPSA) is 100 Å². The number of hydrogen-bond donors (Lipinski definition) is 1. The maximum atomic E-state index is 11.3. The van der Waals surface area contributed by atoms with Gasteiger partial charge in [-0.2, -0.15) is 10.4 Å². The highest BCUT2D eigenvalue weighted by Gasteiger charge is 2.28. The van der Waals surface area contributed by atoms with Gasteiger partial charge in [-0.3, -0.25) is 15.0 Å². The number of aryl methyl sites for hydroxylation is 2. The monoisotopic (exact) mass is 292 g/mol. The molecule has 1 aliphatic heterocycles. The average molecular weight is 292 g/mol. The number of likely N-dealkylation sites (tertiary alicyclic amines) is 1. The summed E-state index contributed by atoms with van der Waals surface area (Å²) in [5.74, 6) is 0.482. The second kappa shape index (κ2) is 6.54. The number of nitrogens with zero attached hydrogens (tertiary/aromatic N) is 5. The molecule has 0 saturated carbocycles. The number of nitro groups is 1. The van der Waals surface area contributed by atoms with E-state index in [0.29, 0.717) is 24.5 Å². The quantitative estimate of drug-likeness (QED) is 0.498. The summed E-state index contributed by atoms with van der Waals surface area (Å²) < 4.78 is 1.55. The van der Waals surface area contributed by atoms with E-state index in [9.17, 15) is 10.1 Å². The second-order valence-electron chi connectivity index (χ2n) is 5.23. The third-order valence-corrected chi connectivity index (χ3v) is 3.83. The van der Waals surface area contributed by atoms with Gasteiger partial charge in [0.2, 0.25) is 5.82 Å². The summed E-state index contributed by atoms with van der Waals surface area (Å²) >= 11 is 0. The largest absolute Gasteiger partial charge is 0.362 e. The highest BCUT2D eigenvalue weighted by atomic mass is 16.6. The minimum atomic E-state index is -0.362. The Balaban J connectivity index is 2.09. The molecule has 1 aromatic heterocycles. The molecule has 2 heterocycles. The minimum absolute atomic E-state index is 0.0828. The van der Waals surface area contributed by atoms with E-state index in [-0.39, 0.29) is 16.7 Å². The van der Waals surface area contributed by atoms with Gasteiger partial charge in [0, 0.05) is 26.2 Å². The van der Waals surface area contributed by atoms with Gasteiger partial charge in [0.15, 0.2) is 0 Å². The summed E-state index contributed by atoms with van der Waals surface area (Å²) in [6, 6.07) is 2.33. The number of hydrogen-bond acceptors (Lipinski definition) is 6. The smallest absolute Gasteiger partial charge is 0.333 e. The van der Waals surface area contributed by atoms with Crippen molar-refractivity contribution in [2.75, 3.05) is 25.0 Å². The Labute approximate surface area is 123 Å². The summed E-state index contributed by atoms with van der Waals surface area (Å²) in [6.07, 6.45) is 2.27. The van der Waals surface area contributed by atoms with E-state index < -0.39 is 0 Å². The standard InChI is InChI=1S/C13H20N6O2/c1-3-11-12(19(20)21)13(17(2)16-11)15-10-4-7-18(8-5-10)9-6-14/h10,15H,3-5,7-9H2,1-2H3. The maximum absolute atomic E-state index is 11.3. The lowest BCUT2D eigenvalue weighted by Gasteiger charge is -2.30. The van der Waals surface area contributed by atoms with Crippen molar-refractivity contribution in [1.82, 2.24) is 14.7 Å².